The van der Waals surface area contributed by atoms with Gasteiger partial charge in [-0.1, -0.05) is 12.1 Å². The van der Waals surface area contributed by atoms with Gasteiger partial charge in [-0.25, -0.2) is 14.5 Å². The summed E-state index contributed by atoms with van der Waals surface area (Å²) in [6.45, 7) is 5.82. The number of carbonyl (C=O) groups is 2. The van der Waals surface area contributed by atoms with E-state index < -0.39 is 12.1 Å². The Balaban J connectivity index is 1.70. The van der Waals surface area contributed by atoms with Crippen molar-refractivity contribution in [3.05, 3.63) is 23.5 Å². The first kappa shape index (κ1) is 23.5. The third-order valence-corrected chi connectivity index (χ3v) is 5.78. The van der Waals surface area contributed by atoms with E-state index in [0.29, 0.717) is 41.4 Å². The van der Waals surface area contributed by atoms with Crippen LogP contribution in [0.5, 0.6) is 5.75 Å². The molecule has 0 radical (unpaired) electrons. The van der Waals surface area contributed by atoms with Crippen molar-refractivity contribution in [1.82, 2.24) is 25.3 Å². The van der Waals surface area contributed by atoms with Gasteiger partial charge < -0.3 is 19.9 Å². The molecule has 10 heteroatoms. The minimum absolute atomic E-state index is 0.135. The number of alkyl carbamates (subject to hydrolysis) is 1. The lowest BCUT2D eigenvalue weighted by atomic mass is 9.87. The predicted molar refractivity (Wildman–Crippen MR) is 116 cm³/mol. The number of hydrogen-bond acceptors (Lipinski definition) is 7. The number of nitrogens with zero attached hydrogens (tertiary/aromatic N) is 4. The number of pyridine rings is 1. The van der Waals surface area contributed by atoms with Gasteiger partial charge in [-0.2, -0.15) is 0 Å². The molecule has 0 aliphatic heterocycles. The second-order valence-electron chi connectivity index (χ2n) is 8.21. The van der Waals surface area contributed by atoms with Gasteiger partial charge in [0.25, 0.3) is 0 Å². The number of rotatable bonds is 8. The molecule has 2 N–H and O–H groups in total. The zero-order valence-electron chi connectivity index (χ0n) is 19.0. The van der Waals surface area contributed by atoms with Crippen LogP contribution in [0.4, 0.5) is 4.79 Å². The van der Waals surface area contributed by atoms with E-state index in [9.17, 15) is 14.7 Å². The molecule has 174 valence electrons. The Morgan fingerprint density at radius 3 is 2.81 bits per heavy atom. The first-order valence-electron chi connectivity index (χ1n) is 11.0. The summed E-state index contributed by atoms with van der Waals surface area (Å²) in [6, 6.07) is 3.62. The first-order chi connectivity index (χ1) is 15.3. The quantitative estimate of drug-likeness (QED) is 0.634. The zero-order valence-corrected chi connectivity index (χ0v) is 19.0. The second kappa shape index (κ2) is 10.4. The summed E-state index contributed by atoms with van der Waals surface area (Å²) in [5.41, 5.74) is 2.56. The van der Waals surface area contributed by atoms with Crippen LogP contribution in [-0.2, 0) is 23.1 Å². The van der Waals surface area contributed by atoms with Crippen LogP contribution in [0.3, 0.4) is 0 Å². The maximum absolute atomic E-state index is 12.0. The Kier molecular flexibility index (Phi) is 7.66. The Morgan fingerprint density at radius 1 is 1.34 bits per heavy atom. The predicted octanol–water partition coefficient (Wildman–Crippen LogP) is 3.23. The minimum atomic E-state index is -0.764. The molecular weight excluding hydrogens is 414 g/mol. The normalized spacial score (nSPS) is 19.2. The van der Waals surface area contributed by atoms with E-state index >= 15 is 0 Å². The molecule has 2 aromatic heterocycles. The van der Waals surface area contributed by atoms with Crippen molar-refractivity contribution >= 4 is 12.1 Å². The summed E-state index contributed by atoms with van der Waals surface area (Å²) in [4.78, 5) is 27.9. The van der Waals surface area contributed by atoms with Crippen LogP contribution < -0.4 is 10.1 Å². The monoisotopic (exact) mass is 445 g/mol. The van der Waals surface area contributed by atoms with Crippen LogP contribution in [0.25, 0.3) is 11.4 Å². The molecule has 1 saturated carbocycles. The van der Waals surface area contributed by atoms with E-state index in [1.165, 1.54) is 0 Å². The highest BCUT2D eigenvalue weighted by Crippen LogP contribution is 2.30. The number of carboxylic acid groups (broad SMARTS) is 1. The molecule has 2 aromatic rings. The number of amides is 1. The highest BCUT2D eigenvalue weighted by atomic mass is 16.6. The second-order valence-corrected chi connectivity index (χ2v) is 8.21. The fourth-order valence-electron chi connectivity index (χ4n) is 3.70. The van der Waals surface area contributed by atoms with Gasteiger partial charge in [0, 0.05) is 7.05 Å². The largest absolute Gasteiger partial charge is 0.489 e. The average Bonchev–Trinajstić information content (AvgIpc) is 3.14. The van der Waals surface area contributed by atoms with Gasteiger partial charge in [0.2, 0.25) is 0 Å². The Labute approximate surface area is 187 Å². The van der Waals surface area contributed by atoms with Crippen molar-refractivity contribution in [2.45, 2.75) is 71.6 Å². The summed E-state index contributed by atoms with van der Waals surface area (Å²) in [7, 11) is 1.75. The first-order valence-corrected chi connectivity index (χ1v) is 11.0. The van der Waals surface area contributed by atoms with Crippen molar-refractivity contribution in [1.29, 1.82) is 0 Å². The van der Waals surface area contributed by atoms with E-state index in [1.807, 2.05) is 26.8 Å². The van der Waals surface area contributed by atoms with Crippen LogP contribution in [0.15, 0.2) is 12.1 Å². The molecule has 2 heterocycles. The summed E-state index contributed by atoms with van der Waals surface area (Å²) < 4.78 is 12.9. The van der Waals surface area contributed by atoms with Crippen molar-refractivity contribution in [3.8, 4) is 17.1 Å². The fraction of sp³-hybridized carbons (Fsp3) is 0.591. The number of aryl methyl sites for hydroxylation is 2. The molecule has 10 nitrogen and oxygen atoms in total. The summed E-state index contributed by atoms with van der Waals surface area (Å²) in [6.07, 6.45) is 2.81. The van der Waals surface area contributed by atoms with E-state index in [0.717, 1.165) is 19.3 Å². The van der Waals surface area contributed by atoms with Crippen LogP contribution in [0.2, 0.25) is 0 Å². The molecule has 32 heavy (non-hydrogen) atoms. The van der Waals surface area contributed by atoms with Crippen LogP contribution in [-0.4, -0.2) is 49.4 Å². The molecule has 0 spiro atoms. The summed E-state index contributed by atoms with van der Waals surface area (Å²) in [5.74, 6) is -0.492. The minimum Gasteiger partial charge on any atom is -0.489 e. The SMILES string of the molecule is CC[C@@H](C)OC(=O)NCc1c(-c2ccc(O[C@H]3CCC[C@H](C(=O)O)C3)c(C)n2)nnn1C. The van der Waals surface area contributed by atoms with Crippen molar-refractivity contribution in [3.63, 3.8) is 0 Å². The topological polar surface area (TPSA) is 128 Å². The smallest absolute Gasteiger partial charge is 0.407 e. The maximum atomic E-state index is 12.0. The molecule has 1 aliphatic carbocycles. The van der Waals surface area contributed by atoms with Gasteiger partial charge in [-0.05, 0) is 58.1 Å². The fourth-order valence-corrected chi connectivity index (χ4v) is 3.70. The lowest BCUT2D eigenvalue weighted by molar-refractivity contribution is -0.143. The van der Waals surface area contributed by atoms with Crippen LogP contribution >= 0.6 is 0 Å². The average molecular weight is 446 g/mol. The van der Waals surface area contributed by atoms with Gasteiger partial charge in [0.05, 0.1) is 35.6 Å². The third kappa shape index (κ3) is 5.74. The van der Waals surface area contributed by atoms with Crippen molar-refractivity contribution < 1.29 is 24.2 Å². The van der Waals surface area contributed by atoms with Crippen LogP contribution in [0.1, 0.15) is 57.3 Å². The Morgan fingerprint density at radius 2 is 2.12 bits per heavy atom. The van der Waals surface area contributed by atoms with Gasteiger partial charge in [-0.15, -0.1) is 5.10 Å². The number of aromatic nitrogens is 4. The van der Waals surface area contributed by atoms with Gasteiger partial charge in [-0.3, -0.25) is 4.79 Å². The molecule has 0 saturated heterocycles. The van der Waals surface area contributed by atoms with Gasteiger partial charge in [0.15, 0.2) is 0 Å². The molecule has 0 bridgehead atoms. The molecule has 0 unspecified atom stereocenters. The van der Waals surface area contributed by atoms with E-state index in [-0.39, 0.29) is 24.7 Å². The third-order valence-electron chi connectivity index (χ3n) is 5.78. The van der Waals surface area contributed by atoms with E-state index in [2.05, 4.69) is 20.6 Å². The van der Waals surface area contributed by atoms with E-state index in [1.54, 1.807) is 17.8 Å². The molecule has 1 fully saturated rings. The van der Waals surface area contributed by atoms with Crippen molar-refractivity contribution in [2.24, 2.45) is 13.0 Å². The number of ether oxygens (including phenoxy) is 2. The summed E-state index contributed by atoms with van der Waals surface area (Å²) in [5, 5.41) is 20.3. The zero-order chi connectivity index (χ0) is 23.3. The number of hydrogen-bond donors (Lipinski definition) is 2. The Bertz CT molecular complexity index is 960. The highest BCUT2D eigenvalue weighted by molar-refractivity contribution is 5.70. The summed E-state index contributed by atoms with van der Waals surface area (Å²) >= 11 is 0. The molecule has 3 rings (SSSR count). The number of carboxylic acids is 1. The maximum Gasteiger partial charge on any atom is 0.407 e. The Hall–Kier alpha value is -3.17. The van der Waals surface area contributed by atoms with Crippen LogP contribution in [0, 0.1) is 12.8 Å². The lowest BCUT2D eigenvalue weighted by Gasteiger charge is -2.27. The molecule has 1 aliphatic rings. The van der Waals surface area contributed by atoms with Gasteiger partial charge >= 0.3 is 12.1 Å². The number of aliphatic carboxylic acids is 1. The number of carbonyl (C=O) groups excluding carboxylic acids is 1. The molecule has 0 aromatic carbocycles. The molecular formula is C22H31N5O5. The highest BCUT2D eigenvalue weighted by Gasteiger charge is 2.28. The molecule has 3 atom stereocenters. The molecule has 1 amide bonds. The lowest BCUT2D eigenvalue weighted by Crippen LogP contribution is -2.29. The number of nitrogens with one attached hydrogen (secondary N) is 1. The van der Waals surface area contributed by atoms with Crippen molar-refractivity contribution in [2.75, 3.05) is 0 Å². The van der Waals surface area contributed by atoms with Gasteiger partial charge in [0.1, 0.15) is 17.5 Å². The van der Waals surface area contributed by atoms with E-state index in [4.69, 9.17) is 9.47 Å². The standard InChI is InChI=1S/C22H31N5O5/c1-5-13(2)31-22(30)23-12-18-20(25-26-27(18)4)17-9-10-19(14(3)24-17)32-16-8-6-7-15(11-16)21(28)29/h9-10,13,15-16H,5-8,11-12H2,1-4H3,(H,23,30)(H,28,29)/t13-,15+,16+/m1/s1.